The van der Waals surface area contributed by atoms with E-state index >= 15 is 0 Å². The molecular formula is C19H34N4O3. The first-order valence-electron chi connectivity index (χ1n) is 9.51. The van der Waals surface area contributed by atoms with Crippen molar-refractivity contribution < 1.29 is 14.3 Å². The van der Waals surface area contributed by atoms with Gasteiger partial charge < -0.3 is 31.2 Å². The van der Waals surface area contributed by atoms with E-state index in [1.54, 1.807) is 20.1 Å². The van der Waals surface area contributed by atoms with Crippen LogP contribution < -0.4 is 16.8 Å². The highest BCUT2D eigenvalue weighted by Crippen LogP contribution is 2.23. The van der Waals surface area contributed by atoms with Crippen LogP contribution in [0.2, 0.25) is 0 Å². The molecule has 7 nitrogen and oxygen atoms in total. The summed E-state index contributed by atoms with van der Waals surface area (Å²) in [6.45, 7) is 3.10. The van der Waals surface area contributed by atoms with Crippen molar-refractivity contribution in [3.05, 3.63) is 23.2 Å². The second-order valence-electron chi connectivity index (χ2n) is 7.30. The lowest BCUT2D eigenvalue weighted by Crippen LogP contribution is -2.56. The third-order valence-corrected chi connectivity index (χ3v) is 5.31. The van der Waals surface area contributed by atoms with Gasteiger partial charge in [0.05, 0.1) is 13.2 Å². The third-order valence-electron chi connectivity index (χ3n) is 5.31. The van der Waals surface area contributed by atoms with Crippen LogP contribution in [-0.2, 0) is 14.3 Å². The standard InChI is InChI=1S/C19H34N4O3/c1-13(20)11-15(19(24)26-3)18(21)23-10-9-16(17(12-23)25-2)22-14-7-5-4-6-8-14/h11,14,16-17,22H,4-10,12,20-21H2,1-3H3/b13-11-,18-15-. The lowest BCUT2D eigenvalue weighted by molar-refractivity contribution is -0.135. The van der Waals surface area contributed by atoms with Gasteiger partial charge in [-0.25, -0.2) is 4.79 Å². The van der Waals surface area contributed by atoms with Crippen LogP contribution in [0.1, 0.15) is 45.4 Å². The van der Waals surface area contributed by atoms with Crippen LogP contribution in [0, 0.1) is 0 Å². The van der Waals surface area contributed by atoms with Crippen molar-refractivity contribution in [2.45, 2.75) is 63.6 Å². The molecule has 0 aromatic rings. The molecular weight excluding hydrogens is 332 g/mol. The Kier molecular flexibility index (Phi) is 7.78. The summed E-state index contributed by atoms with van der Waals surface area (Å²) in [5.41, 5.74) is 12.8. The smallest absolute Gasteiger partial charge is 0.341 e. The zero-order valence-corrected chi connectivity index (χ0v) is 16.3. The first-order valence-corrected chi connectivity index (χ1v) is 9.51. The fourth-order valence-electron chi connectivity index (χ4n) is 3.88. The Morgan fingerprint density at radius 3 is 2.42 bits per heavy atom. The summed E-state index contributed by atoms with van der Waals surface area (Å²) in [6.07, 6.45) is 8.93. The molecule has 0 aromatic heterocycles. The number of esters is 1. The molecule has 0 aromatic carbocycles. The number of ether oxygens (including phenoxy) is 2. The van der Waals surface area contributed by atoms with Gasteiger partial charge in [-0.1, -0.05) is 19.3 Å². The number of piperidine rings is 1. The molecule has 1 aliphatic carbocycles. The van der Waals surface area contributed by atoms with Crippen molar-refractivity contribution in [1.29, 1.82) is 0 Å². The second kappa shape index (κ2) is 9.83. The fourth-order valence-corrected chi connectivity index (χ4v) is 3.88. The Hall–Kier alpha value is -1.73. The van der Waals surface area contributed by atoms with Crippen molar-refractivity contribution in [3.63, 3.8) is 0 Å². The van der Waals surface area contributed by atoms with Gasteiger partial charge in [0.15, 0.2) is 0 Å². The van der Waals surface area contributed by atoms with Crippen molar-refractivity contribution in [2.24, 2.45) is 11.5 Å². The monoisotopic (exact) mass is 366 g/mol. The van der Waals surface area contributed by atoms with E-state index in [9.17, 15) is 4.79 Å². The molecule has 1 saturated carbocycles. The summed E-state index contributed by atoms with van der Waals surface area (Å²) >= 11 is 0. The van der Waals surface area contributed by atoms with E-state index in [0.717, 1.165) is 13.0 Å². The van der Waals surface area contributed by atoms with Crippen LogP contribution in [-0.4, -0.2) is 56.4 Å². The first-order chi connectivity index (χ1) is 12.5. The van der Waals surface area contributed by atoms with Gasteiger partial charge in [-0.3, -0.25) is 0 Å². The number of carbonyl (C=O) groups excluding carboxylic acids is 1. The van der Waals surface area contributed by atoms with E-state index < -0.39 is 5.97 Å². The predicted octanol–water partition coefficient (Wildman–Crippen LogP) is 1.20. The van der Waals surface area contributed by atoms with Crippen LogP contribution in [0.15, 0.2) is 23.2 Å². The zero-order chi connectivity index (χ0) is 19.1. The second-order valence-corrected chi connectivity index (χ2v) is 7.30. The Labute approximate surface area is 156 Å². The molecule has 2 aliphatic rings. The average Bonchev–Trinajstić information content (AvgIpc) is 2.66. The number of rotatable bonds is 6. The van der Waals surface area contributed by atoms with Crippen LogP contribution >= 0.6 is 0 Å². The average molecular weight is 367 g/mol. The molecule has 1 heterocycles. The van der Waals surface area contributed by atoms with E-state index in [-0.39, 0.29) is 6.10 Å². The van der Waals surface area contributed by atoms with E-state index in [0.29, 0.717) is 35.7 Å². The van der Waals surface area contributed by atoms with Crippen LogP contribution in [0.3, 0.4) is 0 Å². The minimum atomic E-state index is -0.483. The molecule has 0 spiro atoms. The number of carbonyl (C=O) groups is 1. The summed E-state index contributed by atoms with van der Waals surface area (Å²) in [5, 5.41) is 3.78. The molecule has 7 heteroatoms. The highest BCUT2D eigenvalue weighted by Gasteiger charge is 2.32. The van der Waals surface area contributed by atoms with Gasteiger partial charge >= 0.3 is 5.97 Å². The maximum Gasteiger partial charge on any atom is 0.341 e. The van der Waals surface area contributed by atoms with Crippen LogP contribution in [0.4, 0.5) is 0 Å². The van der Waals surface area contributed by atoms with Crippen molar-refractivity contribution in [1.82, 2.24) is 10.2 Å². The van der Waals surface area contributed by atoms with E-state index in [1.165, 1.54) is 39.2 Å². The van der Waals surface area contributed by atoms with Gasteiger partial charge in [0.1, 0.15) is 11.4 Å². The number of hydrogen-bond donors (Lipinski definition) is 3. The first kappa shape index (κ1) is 20.6. The quantitative estimate of drug-likeness (QED) is 0.369. The number of nitrogens with one attached hydrogen (secondary N) is 1. The number of methoxy groups -OCH3 is 2. The van der Waals surface area contributed by atoms with Crippen molar-refractivity contribution in [2.75, 3.05) is 27.3 Å². The summed E-state index contributed by atoms with van der Waals surface area (Å²) in [4.78, 5) is 14.1. The molecule has 0 radical (unpaired) electrons. The SMILES string of the molecule is COC(=O)C(/C=C(/C)N)=C(/N)N1CCC(NC2CCCCC2)C(OC)C1. The Morgan fingerprint density at radius 1 is 1.15 bits per heavy atom. The Balaban J connectivity index is 2.08. The molecule has 2 unspecified atom stereocenters. The number of likely N-dealkylation sites (tertiary alicyclic amines) is 1. The Morgan fingerprint density at radius 2 is 1.85 bits per heavy atom. The number of hydrogen-bond acceptors (Lipinski definition) is 7. The molecule has 2 rings (SSSR count). The molecule has 0 amide bonds. The molecule has 26 heavy (non-hydrogen) atoms. The lowest BCUT2D eigenvalue weighted by atomic mass is 9.92. The van der Waals surface area contributed by atoms with Gasteiger partial charge in [0, 0.05) is 38.0 Å². The van der Waals surface area contributed by atoms with Crippen molar-refractivity contribution >= 4 is 5.97 Å². The van der Waals surface area contributed by atoms with E-state index in [1.807, 2.05) is 4.90 Å². The van der Waals surface area contributed by atoms with E-state index in [2.05, 4.69) is 5.32 Å². The largest absolute Gasteiger partial charge is 0.465 e. The molecule has 0 bridgehead atoms. The third kappa shape index (κ3) is 5.38. The summed E-state index contributed by atoms with van der Waals surface area (Å²) in [5.74, 6) is -0.0939. The van der Waals surface area contributed by atoms with Gasteiger partial charge in [0.25, 0.3) is 0 Å². The highest BCUT2D eigenvalue weighted by atomic mass is 16.5. The topological polar surface area (TPSA) is 103 Å². The molecule has 2 atom stereocenters. The van der Waals surface area contributed by atoms with Crippen LogP contribution in [0.5, 0.6) is 0 Å². The maximum atomic E-state index is 12.1. The maximum absolute atomic E-state index is 12.1. The summed E-state index contributed by atoms with van der Waals surface area (Å²) in [7, 11) is 3.07. The van der Waals surface area contributed by atoms with Crippen LogP contribution in [0.25, 0.3) is 0 Å². The minimum Gasteiger partial charge on any atom is -0.465 e. The van der Waals surface area contributed by atoms with Gasteiger partial charge in [-0.05, 0) is 32.3 Å². The number of allylic oxidation sites excluding steroid dienone is 1. The highest BCUT2D eigenvalue weighted by molar-refractivity contribution is 5.92. The number of nitrogens with two attached hydrogens (primary N) is 2. The van der Waals surface area contributed by atoms with Gasteiger partial charge in [-0.15, -0.1) is 0 Å². The molecule has 148 valence electrons. The Bertz CT molecular complexity index is 537. The predicted molar refractivity (Wildman–Crippen MR) is 102 cm³/mol. The molecule has 2 fully saturated rings. The lowest BCUT2D eigenvalue weighted by Gasteiger charge is -2.41. The zero-order valence-electron chi connectivity index (χ0n) is 16.3. The number of nitrogens with zero attached hydrogens (tertiary/aromatic N) is 1. The molecule has 1 aliphatic heterocycles. The normalized spacial score (nSPS) is 26.4. The van der Waals surface area contributed by atoms with Gasteiger partial charge in [-0.2, -0.15) is 0 Å². The van der Waals surface area contributed by atoms with Gasteiger partial charge in [0.2, 0.25) is 0 Å². The van der Waals surface area contributed by atoms with Crippen molar-refractivity contribution in [3.8, 4) is 0 Å². The molecule has 5 N–H and O–H groups in total. The molecule has 1 saturated heterocycles. The summed E-state index contributed by atoms with van der Waals surface area (Å²) in [6, 6.07) is 0.889. The van der Waals surface area contributed by atoms with E-state index in [4.69, 9.17) is 20.9 Å². The fraction of sp³-hybridized carbons (Fsp3) is 0.737. The minimum absolute atomic E-state index is 0.0195. The summed E-state index contributed by atoms with van der Waals surface area (Å²) < 4.78 is 10.6.